The predicted molar refractivity (Wildman–Crippen MR) is 104 cm³/mol. The summed E-state index contributed by atoms with van der Waals surface area (Å²) in [6, 6.07) is 8.16. The van der Waals surface area contributed by atoms with Crippen LogP contribution < -0.4 is 0 Å². The zero-order valence-corrected chi connectivity index (χ0v) is 16.5. The molecule has 0 radical (unpaired) electrons. The van der Waals surface area contributed by atoms with E-state index in [1.807, 2.05) is 24.0 Å². The molecule has 4 rings (SSSR count). The van der Waals surface area contributed by atoms with E-state index in [0.29, 0.717) is 23.9 Å². The molecular weight excluding hydrogens is 362 g/mol. The first-order valence-corrected chi connectivity index (χ1v) is 9.87. The van der Waals surface area contributed by atoms with E-state index < -0.39 is 0 Å². The molecule has 27 heavy (non-hydrogen) atoms. The Bertz CT molecular complexity index is 987. The third-order valence-corrected chi connectivity index (χ3v) is 6.23. The van der Waals surface area contributed by atoms with Gasteiger partial charge in [0, 0.05) is 33.1 Å². The van der Waals surface area contributed by atoms with Gasteiger partial charge in [-0.15, -0.1) is 5.10 Å². The zero-order valence-electron chi connectivity index (χ0n) is 15.7. The Morgan fingerprint density at radius 3 is 2.52 bits per heavy atom. The lowest BCUT2D eigenvalue weighted by Gasteiger charge is -2.39. The Hall–Kier alpha value is -2.45. The molecule has 0 spiro atoms. The van der Waals surface area contributed by atoms with Crippen LogP contribution in [0.25, 0.3) is 4.96 Å². The van der Waals surface area contributed by atoms with Gasteiger partial charge in [0.15, 0.2) is 0 Å². The molecule has 7 nitrogen and oxygen atoms in total. The van der Waals surface area contributed by atoms with Gasteiger partial charge < -0.3 is 10.0 Å². The Balaban J connectivity index is 1.77. The van der Waals surface area contributed by atoms with E-state index in [0.717, 1.165) is 23.5 Å². The highest BCUT2D eigenvalue weighted by Crippen LogP contribution is 2.41. The van der Waals surface area contributed by atoms with Gasteiger partial charge >= 0.3 is 0 Å². The minimum absolute atomic E-state index is 0.0888. The summed E-state index contributed by atoms with van der Waals surface area (Å²) in [6.07, 6.45) is 0. The number of hydrogen-bond acceptors (Lipinski definition) is 6. The summed E-state index contributed by atoms with van der Waals surface area (Å²) in [5.74, 6) is 0.905. The summed E-state index contributed by atoms with van der Waals surface area (Å²) in [7, 11) is 0. The molecule has 3 heterocycles. The maximum Gasteiger partial charge on any atom is 0.230 e. The third-order valence-electron chi connectivity index (χ3n) is 5.16. The Morgan fingerprint density at radius 1 is 1.19 bits per heavy atom. The molecule has 142 valence electrons. The van der Waals surface area contributed by atoms with Crippen molar-refractivity contribution in [2.45, 2.75) is 26.8 Å². The van der Waals surface area contributed by atoms with Crippen LogP contribution in [-0.2, 0) is 4.79 Å². The highest BCUT2D eigenvalue weighted by molar-refractivity contribution is 7.17. The number of hydrogen-bond donors (Lipinski definition) is 1. The fraction of sp³-hybridized carbons (Fsp3) is 0.421. The van der Waals surface area contributed by atoms with Crippen molar-refractivity contribution in [2.75, 3.05) is 26.2 Å². The number of amides is 1. The quantitative estimate of drug-likeness (QED) is 0.749. The van der Waals surface area contributed by atoms with Crippen LogP contribution in [0, 0.1) is 13.8 Å². The van der Waals surface area contributed by atoms with E-state index in [4.69, 9.17) is 0 Å². The number of piperazine rings is 1. The second-order valence-electron chi connectivity index (χ2n) is 6.94. The molecule has 8 heteroatoms. The molecule has 1 aromatic carbocycles. The van der Waals surface area contributed by atoms with Gasteiger partial charge in [0.1, 0.15) is 5.82 Å². The second-order valence-corrected chi connectivity index (χ2v) is 7.95. The van der Waals surface area contributed by atoms with Crippen molar-refractivity contribution in [2.24, 2.45) is 0 Å². The molecule has 0 saturated carbocycles. The average Bonchev–Trinajstić information content (AvgIpc) is 3.15. The molecule has 1 saturated heterocycles. The fourth-order valence-electron chi connectivity index (χ4n) is 3.72. The first-order chi connectivity index (χ1) is 13.0. The first kappa shape index (κ1) is 17.9. The van der Waals surface area contributed by atoms with Gasteiger partial charge in [-0.25, -0.2) is 4.98 Å². The molecule has 0 unspecified atom stereocenters. The van der Waals surface area contributed by atoms with Crippen molar-refractivity contribution in [1.82, 2.24) is 24.4 Å². The predicted octanol–water partition coefficient (Wildman–Crippen LogP) is 2.37. The number of benzene rings is 1. The van der Waals surface area contributed by atoms with Gasteiger partial charge in [-0.3, -0.25) is 9.69 Å². The topological polar surface area (TPSA) is 74.0 Å². The Labute approximate surface area is 161 Å². The molecule has 1 N–H and O–H groups in total. The van der Waals surface area contributed by atoms with Gasteiger partial charge in [-0.2, -0.15) is 4.52 Å². The van der Waals surface area contributed by atoms with Gasteiger partial charge in [0.2, 0.25) is 16.7 Å². The molecule has 2 aromatic heterocycles. The van der Waals surface area contributed by atoms with Gasteiger partial charge in [0.05, 0.1) is 10.9 Å². The van der Waals surface area contributed by atoms with Crippen LogP contribution >= 0.6 is 11.3 Å². The van der Waals surface area contributed by atoms with Crippen LogP contribution in [0.2, 0.25) is 0 Å². The van der Waals surface area contributed by atoms with Crippen molar-refractivity contribution in [3.63, 3.8) is 0 Å². The highest BCUT2D eigenvalue weighted by Gasteiger charge is 2.32. The van der Waals surface area contributed by atoms with Crippen molar-refractivity contribution >= 4 is 22.2 Å². The Morgan fingerprint density at radius 2 is 1.89 bits per heavy atom. The summed E-state index contributed by atoms with van der Waals surface area (Å²) in [5.41, 5.74) is 2.33. The standard InChI is InChI=1S/C19H23N5O2S/c1-12-6-4-5-7-15(12)16(23-10-8-22(9-11-23)14(3)25)17-18(26)24-19(27-17)20-13(2)21-24/h4-7,16,26H,8-11H2,1-3H3/t16-/m0/s1. The van der Waals surface area contributed by atoms with Crippen molar-refractivity contribution in [3.05, 3.63) is 46.1 Å². The number of aryl methyl sites for hydroxylation is 2. The number of aromatic hydroxyl groups is 1. The highest BCUT2D eigenvalue weighted by atomic mass is 32.1. The lowest BCUT2D eigenvalue weighted by atomic mass is 9.98. The van der Waals surface area contributed by atoms with E-state index in [9.17, 15) is 9.90 Å². The normalized spacial score (nSPS) is 16.8. The van der Waals surface area contributed by atoms with Gasteiger partial charge in [0.25, 0.3) is 0 Å². The summed E-state index contributed by atoms with van der Waals surface area (Å²) in [5, 5.41) is 15.2. The molecule has 1 aliphatic rings. The van der Waals surface area contributed by atoms with Gasteiger partial charge in [-0.1, -0.05) is 35.6 Å². The maximum atomic E-state index is 11.7. The maximum absolute atomic E-state index is 11.7. The smallest absolute Gasteiger partial charge is 0.230 e. The molecular formula is C19H23N5O2S. The summed E-state index contributed by atoms with van der Waals surface area (Å²) >= 11 is 1.47. The molecule has 1 atom stereocenters. The van der Waals surface area contributed by atoms with E-state index in [1.54, 1.807) is 6.92 Å². The minimum atomic E-state index is -0.0888. The molecule has 1 aliphatic heterocycles. The molecule has 0 bridgehead atoms. The summed E-state index contributed by atoms with van der Waals surface area (Å²) in [4.78, 5) is 21.8. The number of carbonyl (C=O) groups is 1. The lowest BCUT2D eigenvalue weighted by molar-refractivity contribution is -0.130. The molecule has 0 aliphatic carbocycles. The molecule has 1 amide bonds. The van der Waals surface area contributed by atoms with Crippen LogP contribution in [0.5, 0.6) is 5.88 Å². The zero-order chi connectivity index (χ0) is 19.1. The fourth-order valence-corrected chi connectivity index (χ4v) is 4.87. The third kappa shape index (κ3) is 3.19. The molecule has 3 aromatic rings. The van der Waals surface area contributed by atoms with Crippen molar-refractivity contribution in [1.29, 1.82) is 0 Å². The van der Waals surface area contributed by atoms with Gasteiger partial charge in [-0.05, 0) is 25.0 Å². The SMILES string of the molecule is CC(=O)N1CCN([C@@H](c2ccccc2C)c2sc3nc(C)nn3c2O)CC1. The largest absolute Gasteiger partial charge is 0.492 e. The summed E-state index contributed by atoms with van der Waals surface area (Å²) < 4.78 is 1.52. The monoisotopic (exact) mass is 385 g/mol. The lowest BCUT2D eigenvalue weighted by Crippen LogP contribution is -2.49. The first-order valence-electron chi connectivity index (χ1n) is 9.06. The summed E-state index contributed by atoms with van der Waals surface area (Å²) in [6.45, 7) is 8.42. The van der Waals surface area contributed by atoms with Crippen LogP contribution in [0.15, 0.2) is 24.3 Å². The van der Waals surface area contributed by atoms with E-state index in [2.05, 4.69) is 34.0 Å². The second kappa shape index (κ2) is 6.94. The minimum Gasteiger partial charge on any atom is -0.492 e. The van der Waals surface area contributed by atoms with Crippen LogP contribution in [0.3, 0.4) is 0 Å². The van der Waals surface area contributed by atoms with Crippen LogP contribution in [0.4, 0.5) is 0 Å². The van der Waals surface area contributed by atoms with E-state index in [1.165, 1.54) is 21.4 Å². The number of carbonyl (C=O) groups excluding carboxylic acids is 1. The number of rotatable bonds is 3. The number of fused-ring (bicyclic) bond motifs is 1. The number of nitrogens with zero attached hydrogens (tertiary/aromatic N) is 5. The number of aromatic nitrogens is 3. The van der Waals surface area contributed by atoms with E-state index >= 15 is 0 Å². The van der Waals surface area contributed by atoms with Crippen LogP contribution in [0.1, 0.15) is 34.8 Å². The van der Waals surface area contributed by atoms with Crippen molar-refractivity contribution in [3.8, 4) is 5.88 Å². The number of thiazole rings is 1. The molecule has 1 fully saturated rings. The average molecular weight is 385 g/mol. The van der Waals surface area contributed by atoms with Crippen LogP contribution in [-0.4, -0.2) is 61.6 Å². The Kier molecular flexibility index (Phi) is 4.61. The van der Waals surface area contributed by atoms with Crippen molar-refractivity contribution < 1.29 is 9.90 Å². The van der Waals surface area contributed by atoms with E-state index in [-0.39, 0.29) is 17.8 Å².